The molecular formula is C35H41NO7. The monoisotopic (exact) mass is 587 g/mol. The summed E-state index contributed by atoms with van der Waals surface area (Å²) in [5, 5.41) is 0. The third-order valence-corrected chi connectivity index (χ3v) is 8.10. The van der Waals surface area contributed by atoms with E-state index in [4.69, 9.17) is 23.7 Å². The van der Waals surface area contributed by atoms with Gasteiger partial charge < -0.3 is 28.6 Å². The Morgan fingerprint density at radius 1 is 0.814 bits per heavy atom. The zero-order valence-corrected chi connectivity index (χ0v) is 25.5. The third-order valence-electron chi connectivity index (χ3n) is 8.10. The van der Waals surface area contributed by atoms with E-state index in [0.29, 0.717) is 13.1 Å². The lowest BCUT2D eigenvalue weighted by Crippen LogP contribution is -2.51. The molecular weight excluding hydrogens is 546 g/mol. The fraction of sp³-hybridized carbons (Fsp3) is 0.429. The van der Waals surface area contributed by atoms with Gasteiger partial charge in [-0.15, -0.1) is 0 Å². The molecule has 8 heteroatoms. The van der Waals surface area contributed by atoms with Crippen LogP contribution in [-0.2, 0) is 38.9 Å². The van der Waals surface area contributed by atoms with E-state index >= 15 is 0 Å². The van der Waals surface area contributed by atoms with Crippen molar-refractivity contribution in [3.05, 3.63) is 108 Å². The second-order valence-corrected chi connectivity index (χ2v) is 11.3. The van der Waals surface area contributed by atoms with Gasteiger partial charge in [-0.3, -0.25) is 9.59 Å². The minimum absolute atomic E-state index is 0.113. The summed E-state index contributed by atoms with van der Waals surface area (Å²) in [5.74, 6) is -1.82. The number of hydrogen-bond acceptors (Lipinski definition) is 7. The molecule has 8 nitrogen and oxygen atoms in total. The zero-order valence-electron chi connectivity index (χ0n) is 25.5. The molecule has 2 saturated heterocycles. The first-order chi connectivity index (χ1) is 20.7. The van der Waals surface area contributed by atoms with Crippen LogP contribution in [0.4, 0.5) is 0 Å². The number of fused-ring (bicyclic) bond motifs is 1. The van der Waals surface area contributed by atoms with E-state index in [2.05, 4.69) is 36.4 Å². The number of amides is 1. The van der Waals surface area contributed by atoms with Crippen molar-refractivity contribution >= 4 is 11.9 Å². The summed E-state index contributed by atoms with van der Waals surface area (Å²) in [5.41, 5.74) is 1.90. The van der Waals surface area contributed by atoms with Crippen LogP contribution in [0.25, 0.3) is 0 Å². The smallest absolute Gasteiger partial charge is 0.303 e. The first kappa shape index (κ1) is 30.9. The van der Waals surface area contributed by atoms with E-state index in [9.17, 15) is 9.59 Å². The molecule has 5 atom stereocenters. The van der Waals surface area contributed by atoms with Gasteiger partial charge in [0.2, 0.25) is 6.10 Å². The van der Waals surface area contributed by atoms with Gasteiger partial charge in [0.1, 0.15) is 30.0 Å². The lowest BCUT2D eigenvalue weighted by molar-refractivity contribution is -0.211. The molecule has 0 N–H and O–H groups in total. The first-order valence-corrected chi connectivity index (χ1v) is 15.0. The summed E-state index contributed by atoms with van der Waals surface area (Å²) in [4.78, 5) is 27.4. The van der Waals surface area contributed by atoms with Gasteiger partial charge in [-0.05, 0) is 44.4 Å². The maximum absolute atomic E-state index is 13.6. The number of likely N-dealkylation sites (N-methyl/N-ethyl adjacent to an activating group) is 1. The third kappa shape index (κ3) is 6.24. The summed E-state index contributed by atoms with van der Waals surface area (Å²) in [6.45, 7) is 9.77. The standard InChI is InChI=1S/C35H41NO7/c1-6-36(7-2)33(38)32(40-24(3)37)30-31-29(42-34(4,5)43-31)28(41-30)23-39-35(25-17-11-8-12-18-25,26-19-13-9-14-20-26)27-21-15-10-16-22-27/h8-22,28-32H,6-7,23H2,1-5H3/t28-,29-,30-,31-,32+/m1/s1. The summed E-state index contributed by atoms with van der Waals surface area (Å²) in [7, 11) is 0. The molecule has 2 aliphatic rings. The zero-order chi connectivity index (χ0) is 30.6. The molecule has 2 aliphatic heterocycles. The van der Waals surface area contributed by atoms with E-state index < -0.39 is 47.9 Å². The maximum Gasteiger partial charge on any atom is 0.303 e. The molecule has 3 aromatic rings. The fourth-order valence-corrected chi connectivity index (χ4v) is 6.22. The molecule has 0 unspecified atom stereocenters. The number of benzene rings is 3. The summed E-state index contributed by atoms with van der Waals surface area (Å²) < 4.78 is 31.9. The molecule has 1 amide bonds. The van der Waals surface area contributed by atoms with Crippen LogP contribution in [0.15, 0.2) is 91.0 Å². The van der Waals surface area contributed by atoms with E-state index in [-0.39, 0.29) is 12.5 Å². The number of carbonyl (C=O) groups excluding carboxylic acids is 2. The van der Waals surface area contributed by atoms with Crippen molar-refractivity contribution in [1.29, 1.82) is 0 Å². The van der Waals surface area contributed by atoms with Crippen molar-refractivity contribution in [2.75, 3.05) is 19.7 Å². The normalized spacial score (nSPS) is 23.4. The highest BCUT2D eigenvalue weighted by molar-refractivity contribution is 5.84. The molecule has 0 saturated carbocycles. The minimum Gasteiger partial charge on any atom is -0.449 e. The number of rotatable bonds is 11. The van der Waals surface area contributed by atoms with Crippen molar-refractivity contribution in [3.63, 3.8) is 0 Å². The average molecular weight is 588 g/mol. The Morgan fingerprint density at radius 2 is 1.28 bits per heavy atom. The van der Waals surface area contributed by atoms with Crippen LogP contribution in [-0.4, -0.2) is 72.8 Å². The first-order valence-electron chi connectivity index (χ1n) is 15.0. The van der Waals surface area contributed by atoms with Crippen LogP contribution in [0.1, 0.15) is 51.3 Å². The summed E-state index contributed by atoms with van der Waals surface area (Å²) in [6, 6.07) is 30.2. The second kappa shape index (κ2) is 13.0. The maximum atomic E-state index is 13.6. The molecule has 5 rings (SSSR count). The Bertz CT molecular complexity index is 1260. The minimum atomic E-state index is -1.19. The van der Waals surface area contributed by atoms with Crippen LogP contribution in [0.2, 0.25) is 0 Å². The largest absolute Gasteiger partial charge is 0.449 e. The van der Waals surface area contributed by atoms with Gasteiger partial charge in [0.05, 0.1) is 6.61 Å². The summed E-state index contributed by atoms with van der Waals surface area (Å²) in [6.07, 6.45) is -3.88. The molecule has 0 aliphatic carbocycles. The topological polar surface area (TPSA) is 83.5 Å². The van der Waals surface area contributed by atoms with E-state index in [1.165, 1.54) is 6.92 Å². The van der Waals surface area contributed by atoms with Gasteiger partial charge in [-0.1, -0.05) is 91.0 Å². The molecule has 0 aromatic heterocycles. The highest BCUT2D eigenvalue weighted by Crippen LogP contribution is 2.44. The van der Waals surface area contributed by atoms with E-state index in [1.54, 1.807) is 4.90 Å². The highest BCUT2D eigenvalue weighted by atomic mass is 16.8. The number of esters is 1. The quantitative estimate of drug-likeness (QED) is 0.229. The van der Waals surface area contributed by atoms with Gasteiger partial charge in [-0.2, -0.15) is 0 Å². The molecule has 0 radical (unpaired) electrons. The molecule has 2 heterocycles. The van der Waals surface area contributed by atoms with Crippen molar-refractivity contribution < 1.29 is 33.3 Å². The molecule has 2 fully saturated rings. The lowest BCUT2D eigenvalue weighted by Gasteiger charge is -2.37. The van der Waals surface area contributed by atoms with Crippen LogP contribution in [0.5, 0.6) is 0 Å². The Balaban J connectivity index is 1.53. The van der Waals surface area contributed by atoms with Gasteiger partial charge in [0.15, 0.2) is 5.79 Å². The Hall–Kier alpha value is -3.56. The molecule has 228 valence electrons. The lowest BCUT2D eigenvalue weighted by atomic mass is 9.80. The Morgan fingerprint density at radius 3 is 1.72 bits per heavy atom. The predicted octanol–water partition coefficient (Wildman–Crippen LogP) is 5.08. The average Bonchev–Trinajstić information content (AvgIpc) is 3.51. The Kier molecular flexibility index (Phi) is 9.32. The number of carbonyl (C=O) groups is 2. The van der Waals surface area contributed by atoms with Crippen molar-refractivity contribution in [1.82, 2.24) is 4.90 Å². The van der Waals surface area contributed by atoms with Gasteiger partial charge in [0, 0.05) is 20.0 Å². The number of nitrogens with zero attached hydrogens (tertiary/aromatic N) is 1. The van der Waals surface area contributed by atoms with Gasteiger partial charge in [0.25, 0.3) is 5.91 Å². The van der Waals surface area contributed by atoms with E-state index in [1.807, 2.05) is 82.3 Å². The second-order valence-electron chi connectivity index (χ2n) is 11.3. The molecule has 0 bridgehead atoms. The van der Waals surface area contributed by atoms with Crippen molar-refractivity contribution in [3.8, 4) is 0 Å². The van der Waals surface area contributed by atoms with Gasteiger partial charge >= 0.3 is 5.97 Å². The van der Waals surface area contributed by atoms with E-state index in [0.717, 1.165) is 16.7 Å². The summed E-state index contributed by atoms with van der Waals surface area (Å²) >= 11 is 0. The fourth-order valence-electron chi connectivity index (χ4n) is 6.22. The SMILES string of the molecule is CCN(CC)C(=O)[C@@H](OC(C)=O)[C@@H]1O[C@H](COC(c2ccccc2)(c2ccccc2)c2ccccc2)[C@H]2OC(C)(C)O[C@@H]12. The van der Waals surface area contributed by atoms with Crippen molar-refractivity contribution in [2.24, 2.45) is 0 Å². The molecule has 43 heavy (non-hydrogen) atoms. The molecule has 3 aromatic carbocycles. The molecule has 0 spiro atoms. The van der Waals surface area contributed by atoms with Crippen molar-refractivity contribution in [2.45, 2.75) is 76.5 Å². The van der Waals surface area contributed by atoms with Gasteiger partial charge in [-0.25, -0.2) is 0 Å². The Labute approximate surface area is 253 Å². The van der Waals surface area contributed by atoms with Crippen LogP contribution >= 0.6 is 0 Å². The number of hydrogen-bond donors (Lipinski definition) is 0. The highest BCUT2D eigenvalue weighted by Gasteiger charge is 2.59. The van der Waals surface area contributed by atoms with Crippen LogP contribution < -0.4 is 0 Å². The van der Waals surface area contributed by atoms with Crippen LogP contribution in [0.3, 0.4) is 0 Å². The predicted molar refractivity (Wildman–Crippen MR) is 161 cm³/mol. The number of ether oxygens (including phenoxy) is 5. The van der Waals surface area contributed by atoms with Crippen LogP contribution in [0, 0.1) is 0 Å².